The van der Waals surface area contributed by atoms with Crippen molar-refractivity contribution in [1.82, 2.24) is 9.71 Å². The summed E-state index contributed by atoms with van der Waals surface area (Å²) in [6.07, 6.45) is 4.86. The summed E-state index contributed by atoms with van der Waals surface area (Å²) in [7, 11) is -3.26. The normalized spacial score (nSPS) is 10.5. The summed E-state index contributed by atoms with van der Waals surface area (Å²) >= 11 is 0. The van der Waals surface area contributed by atoms with E-state index >= 15 is 0 Å². The molecular weight excluding hydrogens is 353 g/mol. The number of pyridine rings is 1. The summed E-state index contributed by atoms with van der Waals surface area (Å²) in [6, 6.07) is 8.70. The highest BCUT2D eigenvalue weighted by Gasteiger charge is 2.16. The van der Waals surface area contributed by atoms with E-state index in [1.54, 1.807) is 12.4 Å². The van der Waals surface area contributed by atoms with Crippen LogP contribution < -0.4 is 9.46 Å². The van der Waals surface area contributed by atoms with Crippen molar-refractivity contribution in [1.29, 1.82) is 0 Å². The molecule has 0 amide bonds. The Kier molecular flexibility index (Phi) is 8.44. The number of nitrogens with zero attached hydrogens (tertiary/aromatic N) is 2. The Morgan fingerprint density at radius 1 is 1.28 bits per heavy atom. The molecule has 0 bridgehead atoms. The molecule has 0 radical (unpaired) electrons. The fourth-order valence-electron chi connectivity index (χ4n) is 1.58. The number of halogens is 1. The molecule has 0 aliphatic carbocycles. The van der Waals surface area contributed by atoms with Crippen LogP contribution in [0, 0.1) is 15.9 Å². The van der Waals surface area contributed by atoms with Crippen LogP contribution in [0.15, 0.2) is 48.8 Å². The SMILES string of the molecule is CS(=O)(=O)NCCCOc1ccc(F)cc1[N+](=O)[O-].c1ccncc1. The average Bonchev–Trinajstić information content (AvgIpc) is 2.56. The van der Waals surface area contributed by atoms with Crippen molar-refractivity contribution in [2.75, 3.05) is 19.4 Å². The van der Waals surface area contributed by atoms with E-state index in [1.807, 2.05) is 18.2 Å². The van der Waals surface area contributed by atoms with E-state index in [-0.39, 0.29) is 18.9 Å². The van der Waals surface area contributed by atoms with Crippen LogP contribution in [0.1, 0.15) is 6.42 Å². The Morgan fingerprint density at radius 2 is 1.96 bits per heavy atom. The molecule has 1 heterocycles. The quantitative estimate of drug-likeness (QED) is 0.453. The Labute approximate surface area is 144 Å². The molecule has 0 saturated heterocycles. The van der Waals surface area contributed by atoms with Gasteiger partial charge < -0.3 is 4.74 Å². The second-order valence-electron chi connectivity index (χ2n) is 4.76. The number of nitrogens with one attached hydrogen (secondary N) is 1. The third-order valence-corrected chi connectivity index (χ3v) is 3.36. The summed E-state index contributed by atoms with van der Waals surface area (Å²) in [5.41, 5.74) is -0.462. The number of nitro benzene ring substituents is 1. The number of aromatic nitrogens is 1. The highest BCUT2D eigenvalue weighted by atomic mass is 32.2. The largest absolute Gasteiger partial charge is 0.487 e. The van der Waals surface area contributed by atoms with Crippen LogP contribution in [-0.2, 0) is 10.0 Å². The van der Waals surface area contributed by atoms with E-state index in [2.05, 4.69) is 9.71 Å². The van der Waals surface area contributed by atoms with Crippen LogP contribution >= 0.6 is 0 Å². The lowest BCUT2D eigenvalue weighted by molar-refractivity contribution is -0.386. The van der Waals surface area contributed by atoms with Crippen LogP contribution in [-0.4, -0.2) is 37.7 Å². The van der Waals surface area contributed by atoms with Gasteiger partial charge in [0.2, 0.25) is 10.0 Å². The van der Waals surface area contributed by atoms with Crippen molar-refractivity contribution in [2.45, 2.75) is 6.42 Å². The van der Waals surface area contributed by atoms with Crippen LogP contribution in [0.2, 0.25) is 0 Å². The molecule has 0 saturated carbocycles. The minimum Gasteiger partial charge on any atom is -0.487 e. The predicted octanol–water partition coefficient (Wildman–Crippen LogP) is 2.13. The minimum absolute atomic E-state index is 0.0502. The first kappa shape index (κ1) is 20.5. The first-order chi connectivity index (χ1) is 11.8. The molecular formula is C15H18FN3O5S. The number of nitro groups is 1. The average molecular weight is 371 g/mol. The van der Waals surface area contributed by atoms with E-state index in [4.69, 9.17) is 4.74 Å². The summed E-state index contributed by atoms with van der Waals surface area (Å²) in [6.45, 7) is 0.239. The molecule has 2 rings (SSSR count). The third-order valence-electron chi connectivity index (χ3n) is 2.63. The van der Waals surface area contributed by atoms with Crippen LogP contribution in [0.5, 0.6) is 5.75 Å². The van der Waals surface area contributed by atoms with Gasteiger partial charge in [0.15, 0.2) is 5.75 Å². The van der Waals surface area contributed by atoms with Crippen molar-refractivity contribution < 1.29 is 22.5 Å². The Morgan fingerprint density at radius 3 is 2.44 bits per heavy atom. The highest BCUT2D eigenvalue weighted by Crippen LogP contribution is 2.27. The molecule has 0 fully saturated rings. The Hall–Kier alpha value is -2.59. The first-order valence-corrected chi connectivity index (χ1v) is 9.05. The van der Waals surface area contributed by atoms with Crippen molar-refractivity contribution >= 4 is 15.7 Å². The third kappa shape index (κ3) is 9.33. The second-order valence-corrected chi connectivity index (χ2v) is 6.60. The maximum atomic E-state index is 12.8. The lowest BCUT2D eigenvalue weighted by atomic mass is 10.3. The molecule has 136 valence electrons. The van der Waals surface area contributed by atoms with Gasteiger partial charge in [-0.1, -0.05) is 6.07 Å². The van der Waals surface area contributed by atoms with Gasteiger partial charge in [0, 0.05) is 18.9 Å². The zero-order valence-electron chi connectivity index (χ0n) is 13.5. The molecule has 8 nitrogen and oxygen atoms in total. The predicted molar refractivity (Wildman–Crippen MR) is 90.2 cm³/mol. The Balaban J connectivity index is 0.000000435. The highest BCUT2D eigenvalue weighted by molar-refractivity contribution is 7.88. The zero-order valence-corrected chi connectivity index (χ0v) is 14.3. The van der Waals surface area contributed by atoms with Crippen molar-refractivity contribution in [2.24, 2.45) is 0 Å². The molecule has 1 N–H and O–H groups in total. The summed E-state index contributed by atoms with van der Waals surface area (Å²) in [5, 5.41) is 10.7. The number of hydrogen-bond acceptors (Lipinski definition) is 6. The molecule has 1 aromatic heterocycles. The topological polar surface area (TPSA) is 111 Å². The van der Waals surface area contributed by atoms with E-state index in [0.717, 1.165) is 24.5 Å². The first-order valence-electron chi connectivity index (χ1n) is 7.16. The monoisotopic (exact) mass is 371 g/mol. The number of ether oxygens (including phenoxy) is 1. The van der Waals surface area contributed by atoms with Gasteiger partial charge in [0.05, 0.1) is 23.9 Å². The van der Waals surface area contributed by atoms with E-state index in [0.29, 0.717) is 6.42 Å². The van der Waals surface area contributed by atoms with Gasteiger partial charge in [-0.3, -0.25) is 15.1 Å². The van der Waals surface area contributed by atoms with Gasteiger partial charge in [-0.05, 0) is 30.7 Å². The molecule has 0 unspecified atom stereocenters. The fraction of sp³-hybridized carbons (Fsp3) is 0.267. The van der Waals surface area contributed by atoms with Crippen molar-refractivity contribution in [3.63, 3.8) is 0 Å². The standard InChI is InChI=1S/C10H13FN2O5S.C5H5N/c1-19(16,17)12-5-2-6-18-10-4-3-8(11)7-9(10)13(14)15;1-2-4-6-5-3-1/h3-4,7,12H,2,5-6H2,1H3;1-5H. The molecule has 1 aromatic carbocycles. The summed E-state index contributed by atoms with van der Waals surface area (Å²) < 4.78 is 41.7. The maximum Gasteiger partial charge on any atom is 0.313 e. The van der Waals surface area contributed by atoms with Crippen LogP contribution in [0.3, 0.4) is 0 Å². The summed E-state index contributed by atoms with van der Waals surface area (Å²) in [5.74, 6) is -0.774. The van der Waals surface area contributed by atoms with Crippen molar-refractivity contribution in [3.05, 3.63) is 64.7 Å². The lowest BCUT2D eigenvalue weighted by Gasteiger charge is -2.07. The minimum atomic E-state index is -3.26. The zero-order chi connectivity index (χ0) is 18.7. The number of benzene rings is 1. The molecule has 25 heavy (non-hydrogen) atoms. The lowest BCUT2D eigenvalue weighted by Crippen LogP contribution is -2.24. The van der Waals surface area contributed by atoms with Crippen LogP contribution in [0.25, 0.3) is 0 Å². The van der Waals surface area contributed by atoms with Gasteiger partial charge in [-0.15, -0.1) is 0 Å². The van der Waals surface area contributed by atoms with Gasteiger partial charge in [0.25, 0.3) is 0 Å². The van der Waals surface area contributed by atoms with Gasteiger partial charge in [-0.25, -0.2) is 17.5 Å². The van der Waals surface area contributed by atoms with Crippen LogP contribution in [0.4, 0.5) is 10.1 Å². The summed E-state index contributed by atoms with van der Waals surface area (Å²) in [4.78, 5) is 13.7. The number of sulfonamides is 1. The Bertz CT molecular complexity index is 745. The van der Waals surface area contributed by atoms with Gasteiger partial charge >= 0.3 is 5.69 Å². The molecule has 0 aliphatic heterocycles. The number of rotatable bonds is 7. The molecule has 0 spiro atoms. The van der Waals surface area contributed by atoms with Gasteiger partial charge in [-0.2, -0.15) is 0 Å². The fourth-order valence-corrected chi connectivity index (χ4v) is 2.09. The van der Waals surface area contributed by atoms with Crippen molar-refractivity contribution in [3.8, 4) is 5.75 Å². The molecule has 0 aliphatic rings. The molecule has 10 heteroatoms. The molecule has 0 atom stereocenters. The van der Waals surface area contributed by atoms with Gasteiger partial charge in [0.1, 0.15) is 5.82 Å². The smallest absolute Gasteiger partial charge is 0.313 e. The molecule has 2 aromatic rings. The second kappa shape index (κ2) is 10.3. The number of hydrogen-bond donors (Lipinski definition) is 1. The maximum absolute atomic E-state index is 12.8. The van der Waals surface area contributed by atoms with E-state index in [1.165, 1.54) is 0 Å². The van der Waals surface area contributed by atoms with E-state index < -0.39 is 26.5 Å². The van der Waals surface area contributed by atoms with E-state index in [9.17, 15) is 22.9 Å².